The molecule has 1 rings (SSSR count). The molecule has 0 spiro atoms. The molecule has 6 heteroatoms. The molecule has 1 N–H and O–H groups in total. The number of carbonyl (C=O) groups is 1. The Morgan fingerprint density at radius 1 is 1.44 bits per heavy atom. The standard InChI is InChI=1S/C10H11FN2O2S.C2H6/c1-12-10(14)7-15-13-6-8-2-4-9(16-11)5-3-8;1-2/h2-6H,7H2,1H3,(H,12,14);1-2H3/b13-6+;. The smallest absolute Gasteiger partial charge is 0.260 e. The molecule has 0 saturated carbocycles. The zero-order valence-electron chi connectivity index (χ0n) is 10.6. The largest absolute Gasteiger partial charge is 0.386 e. The molecule has 1 amide bonds. The van der Waals surface area contributed by atoms with Gasteiger partial charge >= 0.3 is 0 Å². The van der Waals surface area contributed by atoms with E-state index in [1.807, 2.05) is 13.8 Å². The summed E-state index contributed by atoms with van der Waals surface area (Å²) in [6.07, 6.45) is 1.45. The minimum absolute atomic E-state index is 0.120. The summed E-state index contributed by atoms with van der Waals surface area (Å²) in [5, 5.41) is 6.00. The normalized spacial score (nSPS) is 9.56. The Bertz CT molecular complexity index is 369. The molecule has 0 fully saturated rings. The number of oxime groups is 1. The Morgan fingerprint density at radius 2 is 2.06 bits per heavy atom. The molecular formula is C12H17FN2O2S. The van der Waals surface area contributed by atoms with E-state index in [2.05, 4.69) is 10.5 Å². The van der Waals surface area contributed by atoms with Crippen LogP contribution in [-0.4, -0.2) is 25.8 Å². The molecular weight excluding hydrogens is 255 g/mol. The van der Waals surface area contributed by atoms with E-state index in [0.717, 1.165) is 5.56 Å². The molecule has 0 saturated heterocycles. The number of likely N-dealkylation sites (N-methyl/N-ethyl adjacent to an activating group) is 1. The third kappa shape index (κ3) is 6.90. The van der Waals surface area contributed by atoms with Crippen LogP contribution in [0.3, 0.4) is 0 Å². The first-order chi connectivity index (χ1) is 8.76. The van der Waals surface area contributed by atoms with Crippen molar-refractivity contribution < 1.29 is 13.5 Å². The molecule has 0 bridgehead atoms. The van der Waals surface area contributed by atoms with Crippen LogP contribution in [0.25, 0.3) is 0 Å². The predicted octanol–water partition coefficient (Wildman–Crippen LogP) is 2.79. The van der Waals surface area contributed by atoms with Gasteiger partial charge in [0.05, 0.1) is 18.4 Å². The van der Waals surface area contributed by atoms with Gasteiger partial charge in [-0.25, -0.2) is 0 Å². The molecule has 4 nitrogen and oxygen atoms in total. The topological polar surface area (TPSA) is 50.7 Å². The van der Waals surface area contributed by atoms with Crippen molar-refractivity contribution in [2.75, 3.05) is 13.7 Å². The van der Waals surface area contributed by atoms with Gasteiger partial charge in [0.2, 0.25) is 0 Å². The minimum Gasteiger partial charge on any atom is -0.386 e. The monoisotopic (exact) mass is 272 g/mol. The van der Waals surface area contributed by atoms with Crippen molar-refractivity contribution in [3.63, 3.8) is 0 Å². The van der Waals surface area contributed by atoms with Crippen molar-refractivity contribution in [1.29, 1.82) is 0 Å². The van der Waals surface area contributed by atoms with E-state index in [0.29, 0.717) is 4.90 Å². The lowest BCUT2D eigenvalue weighted by Gasteiger charge is -1.97. The van der Waals surface area contributed by atoms with Gasteiger partial charge in [-0.1, -0.05) is 31.1 Å². The molecule has 1 aromatic rings. The van der Waals surface area contributed by atoms with Gasteiger partial charge in [0, 0.05) is 11.9 Å². The molecule has 100 valence electrons. The van der Waals surface area contributed by atoms with E-state index in [9.17, 15) is 8.68 Å². The van der Waals surface area contributed by atoms with E-state index in [1.54, 1.807) is 24.3 Å². The number of hydrogen-bond donors (Lipinski definition) is 1. The second-order valence-electron chi connectivity index (χ2n) is 2.83. The van der Waals surface area contributed by atoms with Gasteiger partial charge in [-0.3, -0.25) is 4.79 Å². The molecule has 0 unspecified atom stereocenters. The number of rotatable bonds is 5. The summed E-state index contributed by atoms with van der Waals surface area (Å²) in [5.41, 5.74) is 0.773. The highest BCUT2D eigenvalue weighted by atomic mass is 32.2. The lowest BCUT2D eigenvalue weighted by Crippen LogP contribution is -2.22. The van der Waals surface area contributed by atoms with Gasteiger partial charge in [0.25, 0.3) is 5.91 Å². The fourth-order valence-corrected chi connectivity index (χ4v) is 1.11. The Kier molecular flexibility index (Phi) is 9.67. The second-order valence-corrected chi connectivity index (χ2v) is 3.45. The highest BCUT2D eigenvalue weighted by Crippen LogP contribution is 2.18. The fraction of sp³-hybridized carbons (Fsp3) is 0.333. The van der Waals surface area contributed by atoms with Gasteiger partial charge in [-0.2, -0.15) is 3.89 Å². The molecule has 0 radical (unpaired) electrons. The number of nitrogens with zero attached hydrogens (tertiary/aromatic N) is 1. The summed E-state index contributed by atoms with van der Waals surface area (Å²) in [6, 6.07) is 6.67. The van der Waals surface area contributed by atoms with Crippen molar-refractivity contribution in [1.82, 2.24) is 5.32 Å². The van der Waals surface area contributed by atoms with E-state index < -0.39 is 0 Å². The van der Waals surface area contributed by atoms with Gasteiger partial charge in [0.15, 0.2) is 6.61 Å². The van der Waals surface area contributed by atoms with Crippen LogP contribution < -0.4 is 5.32 Å². The first-order valence-electron chi connectivity index (χ1n) is 5.51. The van der Waals surface area contributed by atoms with E-state index in [4.69, 9.17) is 4.84 Å². The van der Waals surface area contributed by atoms with Crippen LogP contribution in [-0.2, 0) is 9.63 Å². The van der Waals surface area contributed by atoms with Crippen LogP contribution in [0.4, 0.5) is 3.89 Å². The van der Waals surface area contributed by atoms with Crippen LogP contribution in [0.1, 0.15) is 19.4 Å². The third-order valence-electron chi connectivity index (χ3n) is 1.72. The second kappa shape index (κ2) is 10.6. The SMILES string of the molecule is CC.CNC(=O)CO/N=C/c1ccc(SF)cc1. The van der Waals surface area contributed by atoms with E-state index in [-0.39, 0.29) is 24.7 Å². The van der Waals surface area contributed by atoms with Gasteiger partial charge in [-0.15, -0.1) is 0 Å². The van der Waals surface area contributed by atoms with E-state index in [1.165, 1.54) is 13.3 Å². The number of amides is 1. The summed E-state index contributed by atoms with van der Waals surface area (Å²) in [6.45, 7) is 3.88. The van der Waals surface area contributed by atoms with E-state index >= 15 is 0 Å². The molecule has 0 aliphatic rings. The molecule has 0 aromatic heterocycles. The maximum absolute atomic E-state index is 12.1. The van der Waals surface area contributed by atoms with Gasteiger partial charge in [0.1, 0.15) is 0 Å². The van der Waals surface area contributed by atoms with Crippen molar-refractivity contribution in [2.24, 2.45) is 5.16 Å². The number of halogens is 1. The first kappa shape index (κ1) is 16.4. The van der Waals surface area contributed by atoms with Crippen LogP contribution in [0.5, 0.6) is 0 Å². The Hall–Kier alpha value is -1.56. The van der Waals surface area contributed by atoms with Crippen LogP contribution in [0.15, 0.2) is 34.3 Å². The van der Waals surface area contributed by atoms with Crippen molar-refractivity contribution in [3.05, 3.63) is 29.8 Å². The zero-order chi connectivity index (χ0) is 13.8. The summed E-state index contributed by atoms with van der Waals surface area (Å²) < 4.78 is 12.1. The Labute approximate surface area is 111 Å². The maximum Gasteiger partial charge on any atom is 0.260 e. The summed E-state index contributed by atoms with van der Waals surface area (Å²) in [5.74, 6) is -0.249. The summed E-state index contributed by atoms with van der Waals surface area (Å²) >= 11 is 0.184. The van der Waals surface area contributed by atoms with Crippen molar-refractivity contribution in [2.45, 2.75) is 18.7 Å². The quantitative estimate of drug-likeness (QED) is 0.662. The van der Waals surface area contributed by atoms with Gasteiger partial charge < -0.3 is 10.2 Å². The summed E-state index contributed by atoms with van der Waals surface area (Å²) in [7, 11) is 1.52. The zero-order valence-corrected chi connectivity index (χ0v) is 11.5. The molecule has 0 heterocycles. The number of hydrogen-bond acceptors (Lipinski definition) is 4. The molecule has 0 atom stereocenters. The maximum atomic E-state index is 12.1. The highest BCUT2D eigenvalue weighted by Gasteiger charge is 1.95. The average Bonchev–Trinajstić information content (AvgIpc) is 2.46. The fourth-order valence-electron chi connectivity index (χ4n) is 0.872. The molecule has 1 aromatic carbocycles. The molecule has 0 aliphatic heterocycles. The minimum atomic E-state index is -0.249. The number of benzene rings is 1. The lowest BCUT2D eigenvalue weighted by molar-refractivity contribution is -0.125. The molecule has 18 heavy (non-hydrogen) atoms. The highest BCUT2D eigenvalue weighted by molar-refractivity contribution is 7.94. The van der Waals surface area contributed by atoms with Crippen LogP contribution in [0, 0.1) is 0 Å². The van der Waals surface area contributed by atoms with Crippen LogP contribution >= 0.6 is 12.1 Å². The lowest BCUT2D eigenvalue weighted by atomic mass is 10.2. The Morgan fingerprint density at radius 3 is 2.56 bits per heavy atom. The molecule has 0 aliphatic carbocycles. The van der Waals surface area contributed by atoms with Crippen molar-refractivity contribution >= 4 is 24.3 Å². The summed E-state index contributed by atoms with van der Waals surface area (Å²) in [4.78, 5) is 16.0. The Balaban J connectivity index is 0.00000137. The average molecular weight is 272 g/mol. The number of nitrogens with one attached hydrogen (secondary N) is 1. The first-order valence-corrected chi connectivity index (χ1v) is 6.22. The van der Waals surface area contributed by atoms with Crippen LogP contribution in [0.2, 0.25) is 0 Å². The number of carbonyl (C=O) groups excluding carboxylic acids is 1. The predicted molar refractivity (Wildman–Crippen MR) is 72.4 cm³/mol. The third-order valence-corrected chi connectivity index (χ3v) is 2.17. The van der Waals surface area contributed by atoms with Gasteiger partial charge in [-0.05, 0) is 17.7 Å². The van der Waals surface area contributed by atoms with Crippen molar-refractivity contribution in [3.8, 4) is 0 Å².